The van der Waals surface area contributed by atoms with Gasteiger partial charge >= 0.3 is 0 Å². The highest BCUT2D eigenvalue weighted by molar-refractivity contribution is 7.15. The van der Waals surface area contributed by atoms with Crippen LogP contribution in [0.3, 0.4) is 0 Å². The number of carboxylic acid groups (broad SMARTS) is 1. The van der Waals surface area contributed by atoms with Gasteiger partial charge in [0.05, 0.1) is 5.52 Å². The molecule has 7 nitrogen and oxygen atoms in total. The lowest BCUT2D eigenvalue weighted by molar-refractivity contribution is -0.122. The Morgan fingerprint density at radius 1 is 1.29 bits per heavy atom. The average Bonchev–Trinajstić information content (AvgIpc) is 3.44. The summed E-state index contributed by atoms with van der Waals surface area (Å²) >= 11 is 1.77. The van der Waals surface area contributed by atoms with Crippen LogP contribution in [0.2, 0.25) is 0 Å². The van der Waals surface area contributed by atoms with E-state index >= 15 is 0 Å². The van der Waals surface area contributed by atoms with Crippen molar-refractivity contribution in [1.82, 2.24) is 20.0 Å². The standard InChI is InChI=1S/C19H20N4OS.CH2O2/c1-11-3-6-17(25-11)12-4-5-16-15(7-12)18(21-20-16)19(24)23-10-13-8-14(23)9-22(13)2;2-1-3/h3-7,13-14H,8-10H2,1-2H3,(H,20,21);1H,(H,2,3)/t13-,14-;/m0./s1. The number of likely N-dealkylation sites (N-methyl/N-ethyl adjacent to an activating group) is 1. The number of likely N-dealkylation sites (tertiary alicyclic amines) is 2. The second-order valence-electron chi connectivity index (χ2n) is 7.29. The van der Waals surface area contributed by atoms with Crippen molar-refractivity contribution in [1.29, 1.82) is 0 Å². The fourth-order valence-electron chi connectivity index (χ4n) is 4.17. The van der Waals surface area contributed by atoms with Crippen LogP contribution in [0.4, 0.5) is 0 Å². The smallest absolute Gasteiger partial charge is 0.290 e. The molecule has 2 bridgehead atoms. The summed E-state index contributed by atoms with van der Waals surface area (Å²) < 4.78 is 0. The molecule has 2 aromatic heterocycles. The van der Waals surface area contributed by atoms with Crippen molar-refractivity contribution in [2.24, 2.45) is 0 Å². The van der Waals surface area contributed by atoms with Gasteiger partial charge in [-0.3, -0.25) is 19.6 Å². The van der Waals surface area contributed by atoms with Crippen LogP contribution >= 0.6 is 11.3 Å². The second kappa shape index (κ2) is 7.37. The lowest BCUT2D eigenvalue weighted by Crippen LogP contribution is -2.47. The van der Waals surface area contributed by atoms with E-state index in [9.17, 15) is 4.79 Å². The molecule has 0 unspecified atom stereocenters. The van der Waals surface area contributed by atoms with Crippen LogP contribution in [0.25, 0.3) is 21.3 Å². The van der Waals surface area contributed by atoms with E-state index in [4.69, 9.17) is 9.90 Å². The molecule has 0 aliphatic carbocycles. The molecule has 0 spiro atoms. The Labute approximate surface area is 166 Å². The number of benzene rings is 1. The number of aryl methyl sites for hydroxylation is 1. The third kappa shape index (κ3) is 3.18. The van der Waals surface area contributed by atoms with Crippen molar-refractivity contribution in [3.63, 3.8) is 0 Å². The Hall–Kier alpha value is -2.71. The number of hydrogen-bond donors (Lipinski definition) is 2. The van der Waals surface area contributed by atoms with Gasteiger partial charge in [-0.05, 0) is 50.2 Å². The first-order valence-electron chi connectivity index (χ1n) is 9.15. The van der Waals surface area contributed by atoms with E-state index in [-0.39, 0.29) is 12.4 Å². The van der Waals surface area contributed by atoms with Gasteiger partial charge in [-0.25, -0.2) is 0 Å². The molecule has 1 amide bonds. The van der Waals surface area contributed by atoms with Crippen molar-refractivity contribution >= 4 is 34.6 Å². The lowest BCUT2D eigenvalue weighted by atomic mass is 10.1. The number of carbonyl (C=O) groups excluding carboxylic acids is 1. The van der Waals surface area contributed by atoms with Gasteiger partial charge in [0.15, 0.2) is 5.69 Å². The predicted octanol–water partition coefficient (Wildman–Crippen LogP) is 2.83. The number of fused-ring (bicyclic) bond motifs is 3. The van der Waals surface area contributed by atoms with Crippen LogP contribution in [-0.2, 0) is 4.79 Å². The summed E-state index contributed by atoms with van der Waals surface area (Å²) in [5.74, 6) is 0.0614. The van der Waals surface area contributed by atoms with Gasteiger partial charge in [0.2, 0.25) is 0 Å². The summed E-state index contributed by atoms with van der Waals surface area (Å²) in [4.78, 5) is 28.3. The second-order valence-corrected chi connectivity index (χ2v) is 8.58. The van der Waals surface area contributed by atoms with Gasteiger partial charge < -0.3 is 10.0 Å². The molecule has 28 heavy (non-hydrogen) atoms. The fourth-order valence-corrected chi connectivity index (χ4v) is 5.03. The molecule has 2 atom stereocenters. The van der Waals surface area contributed by atoms with Crippen LogP contribution < -0.4 is 0 Å². The summed E-state index contributed by atoms with van der Waals surface area (Å²) in [6.07, 6.45) is 1.09. The van der Waals surface area contributed by atoms with Gasteiger partial charge in [0.1, 0.15) is 0 Å². The zero-order valence-corrected chi connectivity index (χ0v) is 16.6. The maximum absolute atomic E-state index is 13.1. The molecular weight excluding hydrogens is 376 g/mol. The van der Waals surface area contributed by atoms with Gasteiger partial charge in [-0.15, -0.1) is 11.3 Å². The van der Waals surface area contributed by atoms with E-state index in [0.717, 1.165) is 36.0 Å². The topological polar surface area (TPSA) is 89.5 Å². The number of amides is 1. The number of thiophene rings is 1. The molecule has 0 radical (unpaired) electrons. The van der Waals surface area contributed by atoms with Crippen LogP contribution in [0.5, 0.6) is 0 Å². The SMILES string of the molecule is Cc1ccc(-c2ccc3[nH]nc(C(=O)N4C[C@@H]5C[C@H]4CN5C)c3c2)s1.O=CO. The quantitative estimate of drug-likeness (QED) is 0.648. The number of nitrogens with one attached hydrogen (secondary N) is 1. The minimum atomic E-state index is -0.250. The monoisotopic (exact) mass is 398 g/mol. The Morgan fingerprint density at radius 2 is 2.07 bits per heavy atom. The highest BCUT2D eigenvalue weighted by Crippen LogP contribution is 2.33. The largest absolute Gasteiger partial charge is 0.483 e. The number of aromatic nitrogens is 2. The normalized spacial score (nSPS) is 21.0. The zero-order chi connectivity index (χ0) is 19.8. The first kappa shape index (κ1) is 18.6. The van der Waals surface area contributed by atoms with Crippen molar-refractivity contribution in [2.45, 2.75) is 25.4 Å². The van der Waals surface area contributed by atoms with Crippen molar-refractivity contribution in [3.05, 3.63) is 40.9 Å². The van der Waals surface area contributed by atoms with Crippen LogP contribution in [0.1, 0.15) is 21.8 Å². The Morgan fingerprint density at radius 3 is 2.68 bits per heavy atom. The Balaban J connectivity index is 0.000000604. The van der Waals surface area contributed by atoms with Crippen molar-refractivity contribution in [3.8, 4) is 10.4 Å². The molecule has 1 aromatic carbocycles. The van der Waals surface area contributed by atoms with E-state index in [1.165, 1.54) is 9.75 Å². The number of carbonyl (C=O) groups is 2. The molecule has 2 saturated heterocycles. The Kier molecular flexibility index (Phi) is 4.91. The summed E-state index contributed by atoms with van der Waals surface area (Å²) in [6.45, 7) is 3.65. The summed E-state index contributed by atoms with van der Waals surface area (Å²) in [5.41, 5.74) is 2.62. The first-order chi connectivity index (χ1) is 13.5. The minimum absolute atomic E-state index is 0.0614. The van der Waals surface area contributed by atoms with Gasteiger partial charge in [-0.1, -0.05) is 6.07 Å². The summed E-state index contributed by atoms with van der Waals surface area (Å²) in [6, 6.07) is 11.3. The Bertz CT molecular complexity index is 1030. The van der Waals surface area contributed by atoms with E-state index < -0.39 is 0 Å². The maximum atomic E-state index is 13.1. The van der Waals surface area contributed by atoms with E-state index in [1.807, 2.05) is 11.0 Å². The number of nitrogens with zero attached hydrogens (tertiary/aromatic N) is 3. The van der Waals surface area contributed by atoms with E-state index in [2.05, 4.69) is 53.3 Å². The molecule has 0 saturated carbocycles. The fraction of sp³-hybridized carbons (Fsp3) is 0.350. The molecule has 2 fully saturated rings. The number of H-pyrrole nitrogens is 1. The highest BCUT2D eigenvalue weighted by Gasteiger charge is 2.44. The maximum Gasteiger partial charge on any atom is 0.290 e. The molecule has 8 heteroatoms. The van der Waals surface area contributed by atoms with Gasteiger partial charge in [0, 0.05) is 40.3 Å². The highest BCUT2D eigenvalue weighted by atomic mass is 32.1. The van der Waals surface area contributed by atoms with E-state index in [0.29, 0.717) is 17.8 Å². The van der Waals surface area contributed by atoms with Crippen molar-refractivity contribution < 1.29 is 14.7 Å². The van der Waals surface area contributed by atoms with Crippen LogP contribution in [0, 0.1) is 6.92 Å². The van der Waals surface area contributed by atoms with Crippen molar-refractivity contribution in [2.75, 3.05) is 20.1 Å². The van der Waals surface area contributed by atoms with Gasteiger partial charge in [-0.2, -0.15) is 5.10 Å². The third-order valence-corrected chi connectivity index (χ3v) is 6.62. The molecule has 5 rings (SSSR count). The summed E-state index contributed by atoms with van der Waals surface area (Å²) in [7, 11) is 2.14. The minimum Gasteiger partial charge on any atom is -0.483 e. The molecule has 2 aliphatic heterocycles. The molecule has 3 aromatic rings. The van der Waals surface area contributed by atoms with Gasteiger partial charge in [0.25, 0.3) is 12.4 Å². The number of hydrogen-bond acceptors (Lipinski definition) is 5. The number of rotatable bonds is 2. The lowest BCUT2D eigenvalue weighted by Gasteiger charge is -2.31. The predicted molar refractivity (Wildman–Crippen MR) is 109 cm³/mol. The number of piperazine rings is 1. The average molecular weight is 398 g/mol. The zero-order valence-electron chi connectivity index (χ0n) is 15.8. The number of aromatic amines is 1. The first-order valence-corrected chi connectivity index (χ1v) is 9.97. The molecule has 4 heterocycles. The summed E-state index contributed by atoms with van der Waals surface area (Å²) in [5, 5.41) is 15.2. The third-order valence-electron chi connectivity index (χ3n) is 5.57. The molecular formula is C20H22N4O3S. The van der Waals surface area contributed by atoms with Crippen LogP contribution in [-0.4, -0.2) is 69.7 Å². The van der Waals surface area contributed by atoms with Crippen LogP contribution in [0.15, 0.2) is 30.3 Å². The molecule has 2 aliphatic rings. The van der Waals surface area contributed by atoms with E-state index in [1.54, 1.807) is 11.3 Å². The molecule has 2 N–H and O–H groups in total. The molecule has 146 valence electrons.